The predicted octanol–water partition coefficient (Wildman–Crippen LogP) is 3.85. The number of hydrogen-bond donors (Lipinski definition) is 0. The maximum Gasteiger partial charge on any atom is 0.424 e. The molecule has 0 bridgehead atoms. The molecule has 1 rings (SSSR count). The third-order valence-electron chi connectivity index (χ3n) is 2.78. The van der Waals surface area contributed by atoms with E-state index in [1.807, 2.05) is 0 Å². The molecule has 0 spiro atoms. The number of amides is 2. The van der Waals surface area contributed by atoms with E-state index in [0.717, 1.165) is 0 Å². The number of aryl methyl sites for hydroxylation is 1. The smallest absolute Gasteiger partial charge is 0.424 e. The van der Waals surface area contributed by atoms with Gasteiger partial charge >= 0.3 is 18.2 Å². The Kier molecular flexibility index (Phi) is 6.35. The fraction of sp³-hybridized carbons (Fsp3) is 0.556. The summed E-state index contributed by atoms with van der Waals surface area (Å²) in [6.07, 6.45) is -0.536. The van der Waals surface area contributed by atoms with E-state index in [4.69, 9.17) is 14.2 Å². The number of hydrogen-bond acceptors (Lipinski definition) is 7. The number of methoxy groups -OCH3 is 1. The SMILES string of the molecule is COC(=O)c1ncc(C)cc1N(C(=O)OC(C)(C)C)C(=O)OC(C)(C)C. The van der Waals surface area contributed by atoms with Gasteiger partial charge in [-0.2, -0.15) is 4.90 Å². The zero-order chi connectivity index (χ0) is 20.3. The van der Waals surface area contributed by atoms with Crippen molar-refractivity contribution in [2.75, 3.05) is 12.0 Å². The van der Waals surface area contributed by atoms with Crippen LogP contribution in [0.5, 0.6) is 0 Å². The molecule has 8 heteroatoms. The Balaban J connectivity index is 3.50. The van der Waals surface area contributed by atoms with Crippen molar-refractivity contribution in [2.24, 2.45) is 0 Å². The summed E-state index contributed by atoms with van der Waals surface area (Å²) in [7, 11) is 1.18. The van der Waals surface area contributed by atoms with Crippen molar-refractivity contribution in [2.45, 2.75) is 59.7 Å². The topological polar surface area (TPSA) is 95.0 Å². The van der Waals surface area contributed by atoms with Gasteiger partial charge in [0.1, 0.15) is 11.2 Å². The van der Waals surface area contributed by atoms with E-state index >= 15 is 0 Å². The minimum absolute atomic E-state index is 0.0691. The van der Waals surface area contributed by atoms with Crippen molar-refractivity contribution in [1.82, 2.24) is 4.98 Å². The van der Waals surface area contributed by atoms with Gasteiger partial charge < -0.3 is 14.2 Å². The van der Waals surface area contributed by atoms with Crippen molar-refractivity contribution in [3.8, 4) is 0 Å². The van der Waals surface area contributed by atoms with E-state index in [9.17, 15) is 14.4 Å². The second-order valence-corrected chi connectivity index (χ2v) is 7.67. The molecule has 0 aliphatic rings. The van der Waals surface area contributed by atoms with Crippen LogP contribution in [0.15, 0.2) is 12.3 Å². The molecule has 0 unspecified atom stereocenters. The molecule has 0 atom stereocenters. The van der Waals surface area contributed by atoms with E-state index in [1.54, 1.807) is 48.5 Å². The van der Waals surface area contributed by atoms with E-state index in [-0.39, 0.29) is 11.4 Å². The molecule has 0 aliphatic heterocycles. The van der Waals surface area contributed by atoms with Gasteiger partial charge in [0, 0.05) is 6.20 Å². The summed E-state index contributed by atoms with van der Waals surface area (Å²) in [4.78, 5) is 42.1. The molecule has 26 heavy (non-hydrogen) atoms. The minimum Gasteiger partial charge on any atom is -0.464 e. The van der Waals surface area contributed by atoms with Crippen LogP contribution in [-0.4, -0.2) is 41.5 Å². The number of rotatable bonds is 2. The third kappa shape index (κ3) is 6.02. The van der Waals surface area contributed by atoms with Crippen LogP contribution >= 0.6 is 0 Å². The van der Waals surface area contributed by atoms with Crippen LogP contribution in [0.2, 0.25) is 0 Å². The average Bonchev–Trinajstić information content (AvgIpc) is 2.43. The third-order valence-corrected chi connectivity index (χ3v) is 2.78. The molecular weight excluding hydrogens is 340 g/mol. The number of pyridine rings is 1. The van der Waals surface area contributed by atoms with Gasteiger partial charge in [0.25, 0.3) is 0 Å². The zero-order valence-corrected chi connectivity index (χ0v) is 16.5. The largest absolute Gasteiger partial charge is 0.464 e. The quantitative estimate of drug-likeness (QED) is 0.579. The number of esters is 1. The lowest BCUT2D eigenvalue weighted by atomic mass is 10.2. The van der Waals surface area contributed by atoms with Crippen LogP contribution in [0.4, 0.5) is 15.3 Å². The van der Waals surface area contributed by atoms with Crippen molar-refractivity contribution in [1.29, 1.82) is 0 Å². The Morgan fingerprint density at radius 2 is 1.42 bits per heavy atom. The Morgan fingerprint density at radius 1 is 0.962 bits per heavy atom. The molecule has 1 heterocycles. The van der Waals surface area contributed by atoms with Crippen LogP contribution in [-0.2, 0) is 14.2 Å². The summed E-state index contributed by atoms with van der Waals surface area (Å²) in [5.41, 5.74) is -1.36. The van der Waals surface area contributed by atoms with Crippen LogP contribution in [0.3, 0.4) is 0 Å². The van der Waals surface area contributed by atoms with Gasteiger partial charge in [0.05, 0.1) is 12.8 Å². The second kappa shape index (κ2) is 7.72. The van der Waals surface area contributed by atoms with Crippen molar-refractivity contribution in [3.05, 3.63) is 23.5 Å². The molecule has 0 saturated carbocycles. The van der Waals surface area contributed by atoms with Gasteiger partial charge in [-0.3, -0.25) is 0 Å². The van der Waals surface area contributed by atoms with Gasteiger partial charge in [-0.05, 0) is 60.1 Å². The lowest BCUT2D eigenvalue weighted by molar-refractivity contribution is 0.0430. The monoisotopic (exact) mass is 366 g/mol. The first-order valence-electron chi connectivity index (χ1n) is 8.06. The molecule has 2 amide bonds. The molecule has 0 aliphatic carbocycles. The number of carbonyl (C=O) groups excluding carboxylic acids is 3. The Hall–Kier alpha value is -2.64. The molecule has 0 radical (unpaired) electrons. The highest BCUT2D eigenvalue weighted by molar-refractivity contribution is 6.13. The molecule has 0 N–H and O–H groups in total. The molecule has 1 aromatic rings. The Morgan fingerprint density at radius 3 is 1.81 bits per heavy atom. The maximum absolute atomic E-state index is 12.7. The van der Waals surface area contributed by atoms with E-state index in [1.165, 1.54) is 19.4 Å². The second-order valence-electron chi connectivity index (χ2n) is 7.67. The average molecular weight is 366 g/mol. The lowest BCUT2D eigenvalue weighted by Gasteiger charge is -2.29. The standard InChI is InChI=1S/C18H26N2O6/c1-11-9-12(13(19-10-11)14(21)24-8)20(15(22)25-17(2,3)4)16(23)26-18(5,6)7/h9-10H,1-8H3. The maximum atomic E-state index is 12.7. The first kappa shape index (κ1) is 21.4. The predicted molar refractivity (Wildman–Crippen MR) is 95.3 cm³/mol. The molecule has 1 aromatic heterocycles. The Bertz CT molecular complexity index is 673. The summed E-state index contributed by atoms with van der Waals surface area (Å²) < 4.78 is 15.3. The molecule has 0 aromatic carbocycles. The molecular formula is C18H26N2O6. The van der Waals surface area contributed by atoms with Crippen molar-refractivity contribution in [3.63, 3.8) is 0 Å². The summed E-state index contributed by atoms with van der Waals surface area (Å²) in [6.45, 7) is 11.7. The van der Waals surface area contributed by atoms with E-state index < -0.39 is 29.4 Å². The van der Waals surface area contributed by atoms with Gasteiger partial charge in [-0.25, -0.2) is 19.4 Å². The zero-order valence-electron chi connectivity index (χ0n) is 16.5. The lowest BCUT2D eigenvalue weighted by Crippen LogP contribution is -2.44. The highest BCUT2D eigenvalue weighted by atomic mass is 16.6. The minimum atomic E-state index is -0.982. The molecule has 8 nitrogen and oxygen atoms in total. The molecule has 144 valence electrons. The van der Waals surface area contributed by atoms with Gasteiger partial charge in [0.15, 0.2) is 5.69 Å². The van der Waals surface area contributed by atoms with Crippen LogP contribution in [0.1, 0.15) is 57.6 Å². The summed E-state index contributed by atoms with van der Waals surface area (Å²) in [5, 5.41) is 0. The Labute approximate surface area is 153 Å². The van der Waals surface area contributed by atoms with Crippen LogP contribution in [0, 0.1) is 6.92 Å². The van der Waals surface area contributed by atoms with E-state index in [0.29, 0.717) is 10.5 Å². The van der Waals surface area contributed by atoms with Crippen molar-refractivity contribution >= 4 is 23.8 Å². The molecule has 0 saturated heterocycles. The first-order chi connectivity index (χ1) is 11.7. The summed E-state index contributed by atoms with van der Waals surface area (Å²) in [5.74, 6) is -0.794. The van der Waals surface area contributed by atoms with Gasteiger partial charge in [-0.1, -0.05) is 0 Å². The van der Waals surface area contributed by atoms with Crippen LogP contribution < -0.4 is 4.90 Å². The van der Waals surface area contributed by atoms with Gasteiger partial charge in [0.2, 0.25) is 0 Å². The van der Waals surface area contributed by atoms with Crippen molar-refractivity contribution < 1.29 is 28.6 Å². The van der Waals surface area contributed by atoms with Gasteiger partial charge in [-0.15, -0.1) is 0 Å². The fourth-order valence-electron chi connectivity index (χ4n) is 1.86. The van der Waals surface area contributed by atoms with E-state index in [2.05, 4.69) is 4.98 Å². The first-order valence-corrected chi connectivity index (χ1v) is 8.06. The number of imide groups is 1. The summed E-state index contributed by atoms with van der Waals surface area (Å²) in [6, 6.07) is 1.47. The number of nitrogens with zero attached hydrogens (tertiary/aromatic N) is 2. The fourth-order valence-corrected chi connectivity index (χ4v) is 1.86. The number of carbonyl (C=O) groups is 3. The highest BCUT2D eigenvalue weighted by Crippen LogP contribution is 2.26. The number of ether oxygens (including phenoxy) is 3. The summed E-state index contributed by atoms with van der Waals surface area (Å²) >= 11 is 0. The number of anilines is 1. The van der Waals surface area contributed by atoms with Crippen LogP contribution in [0.25, 0.3) is 0 Å². The normalized spacial score (nSPS) is 11.5. The number of aromatic nitrogens is 1. The molecule has 0 fully saturated rings. The highest BCUT2D eigenvalue weighted by Gasteiger charge is 2.35.